The van der Waals surface area contributed by atoms with Crippen LogP contribution < -0.4 is 0 Å². The van der Waals surface area contributed by atoms with Crippen molar-refractivity contribution < 1.29 is 4.74 Å². The van der Waals surface area contributed by atoms with Crippen molar-refractivity contribution in [3.8, 4) is 11.1 Å². The molecule has 0 aliphatic carbocycles. The monoisotopic (exact) mass is 282 g/mol. The minimum Gasteiger partial charge on any atom is -0.379 e. The van der Waals surface area contributed by atoms with Crippen molar-refractivity contribution in [3.63, 3.8) is 0 Å². The van der Waals surface area contributed by atoms with Crippen LogP contribution in [0, 0.1) is 6.92 Å². The van der Waals surface area contributed by atoms with E-state index in [9.17, 15) is 0 Å². The van der Waals surface area contributed by atoms with Crippen LogP contribution in [0.5, 0.6) is 0 Å². The van der Waals surface area contributed by atoms with Crippen LogP contribution in [-0.4, -0.2) is 36.2 Å². The molecule has 1 aromatic heterocycles. The second kappa shape index (κ2) is 6.37. The highest BCUT2D eigenvalue weighted by Crippen LogP contribution is 2.25. The summed E-state index contributed by atoms with van der Waals surface area (Å²) >= 11 is 0. The number of aromatic nitrogens is 1. The number of pyridine rings is 1. The number of morpholine rings is 1. The zero-order chi connectivity index (χ0) is 14.7. The van der Waals surface area contributed by atoms with Gasteiger partial charge in [-0.05, 0) is 42.7 Å². The summed E-state index contributed by atoms with van der Waals surface area (Å²) in [6.45, 7) is 8.03. The fraction of sp³-hybridized carbons (Fsp3) is 0.389. The fourth-order valence-corrected chi connectivity index (χ4v) is 2.85. The molecule has 2 aromatic rings. The Morgan fingerprint density at radius 3 is 2.43 bits per heavy atom. The molecule has 110 valence electrons. The molecule has 0 spiro atoms. The predicted molar refractivity (Wildman–Crippen MR) is 85.2 cm³/mol. The molecule has 0 amide bonds. The molecule has 0 unspecified atom stereocenters. The summed E-state index contributed by atoms with van der Waals surface area (Å²) in [6, 6.07) is 13.5. The Hall–Kier alpha value is -1.71. The van der Waals surface area contributed by atoms with Gasteiger partial charge < -0.3 is 4.74 Å². The highest BCUT2D eigenvalue weighted by molar-refractivity contribution is 5.63. The normalized spacial score (nSPS) is 17.6. The van der Waals surface area contributed by atoms with Crippen molar-refractivity contribution >= 4 is 0 Å². The van der Waals surface area contributed by atoms with Crippen LogP contribution in [0.1, 0.15) is 24.2 Å². The van der Waals surface area contributed by atoms with Crippen LogP contribution in [-0.2, 0) is 4.74 Å². The predicted octanol–water partition coefficient (Wildman–Crippen LogP) is 3.45. The van der Waals surface area contributed by atoms with Crippen molar-refractivity contribution in [1.82, 2.24) is 9.88 Å². The molecule has 3 heteroatoms. The Kier molecular flexibility index (Phi) is 4.32. The molecule has 1 saturated heterocycles. The van der Waals surface area contributed by atoms with E-state index in [2.05, 4.69) is 53.2 Å². The molecule has 0 saturated carbocycles. The lowest BCUT2D eigenvalue weighted by atomic mass is 10.0. The van der Waals surface area contributed by atoms with E-state index in [0.717, 1.165) is 32.0 Å². The van der Waals surface area contributed by atoms with E-state index in [0.29, 0.717) is 6.04 Å². The minimum atomic E-state index is 0.446. The van der Waals surface area contributed by atoms with Gasteiger partial charge in [0.25, 0.3) is 0 Å². The van der Waals surface area contributed by atoms with Gasteiger partial charge in [-0.1, -0.05) is 24.3 Å². The fourth-order valence-electron chi connectivity index (χ4n) is 2.85. The second-order valence-corrected chi connectivity index (χ2v) is 5.63. The van der Waals surface area contributed by atoms with Crippen LogP contribution in [0.4, 0.5) is 0 Å². The van der Waals surface area contributed by atoms with Gasteiger partial charge in [0.2, 0.25) is 0 Å². The zero-order valence-electron chi connectivity index (χ0n) is 12.7. The topological polar surface area (TPSA) is 25.4 Å². The Morgan fingerprint density at radius 1 is 1.05 bits per heavy atom. The molecule has 1 aromatic carbocycles. The first-order chi connectivity index (χ1) is 10.2. The number of hydrogen-bond donors (Lipinski definition) is 0. The Bertz CT molecular complexity index is 588. The van der Waals surface area contributed by atoms with Crippen LogP contribution in [0.2, 0.25) is 0 Å². The zero-order valence-corrected chi connectivity index (χ0v) is 12.7. The summed E-state index contributed by atoms with van der Waals surface area (Å²) < 4.78 is 5.43. The standard InChI is InChI=1S/C18H22N2O/c1-14-13-18(7-8-19-14)17-5-3-16(4-6-17)15(2)20-9-11-21-12-10-20/h3-8,13,15H,9-12H2,1-2H3/t15-/m0/s1. The molecule has 1 aliphatic rings. The van der Waals surface area contributed by atoms with Gasteiger partial charge in [0.15, 0.2) is 0 Å². The Balaban J connectivity index is 1.77. The molecular formula is C18H22N2O. The summed E-state index contributed by atoms with van der Waals surface area (Å²) in [7, 11) is 0. The lowest BCUT2D eigenvalue weighted by Crippen LogP contribution is -2.37. The maximum absolute atomic E-state index is 5.43. The van der Waals surface area contributed by atoms with E-state index in [1.54, 1.807) is 0 Å². The van der Waals surface area contributed by atoms with E-state index >= 15 is 0 Å². The Morgan fingerprint density at radius 2 is 1.76 bits per heavy atom. The Labute approximate surface area is 126 Å². The molecular weight excluding hydrogens is 260 g/mol. The van der Waals surface area contributed by atoms with E-state index in [1.807, 2.05) is 13.1 Å². The molecule has 3 nitrogen and oxygen atoms in total. The minimum absolute atomic E-state index is 0.446. The summed E-state index contributed by atoms with van der Waals surface area (Å²) in [5.41, 5.74) is 4.90. The highest BCUT2D eigenvalue weighted by atomic mass is 16.5. The van der Waals surface area contributed by atoms with Crippen LogP contribution in [0.3, 0.4) is 0 Å². The van der Waals surface area contributed by atoms with E-state index in [1.165, 1.54) is 16.7 Å². The third-order valence-electron chi connectivity index (χ3n) is 4.22. The number of aryl methyl sites for hydroxylation is 1. The van der Waals surface area contributed by atoms with Crippen LogP contribution >= 0.6 is 0 Å². The van der Waals surface area contributed by atoms with Gasteiger partial charge in [-0.2, -0.15) is 0 Å². The number of ether oxygens (including phenoxy) is 1. The number of nitrogens with zero attached hydrogens (tertiary/aromatic N) is 2. The first-order valence-electron chi connectivity index (χ1n) is 7.59. The van der Waals surface area contributed by atoms with Crippen LogP contribution in [0.25, 0.3) is 11.1 Å². The molecule has 1 fully saturated rings. The average Bonchev–Trinajstić information content (AvgIpc) is 2.55. The average molecular weight is 282 g/mol. The number of rotatable bonds is 3. The maximum Gasteiger partial charge on any atom is 0.0594 e. The summed E-state index contributed by atoms with van der Waals surface area (Å²) in [5, 5.41) is 0. The van der Waals surface area contributed by atoms with Gasteiger partial charge in [0, 0.05) is 31.0 Å². The van der Waals surface area contributed by atoms with Gasteiger partial charge in [-0.15, -0.1) is 0 Å². The van der Waals surface area contributed by atoms with Gasteiger partial charge in [0.1, 0.15) is 0 Å². The smallest absolute Gasteiger partial charge is 0.0594 e. The largest absolute Gasteiger partial charge is 0.379 e. The van der Waals surface area contributed by atoms with Crippen molar-refractivity contribution in [2.24, 2.45) is 0 Å². The van der Waals surface area contributed by atoms with Crippen molar-refractivity contribution in [1.29, 1.82) is 0 Å². The lowest BCUT2D eigenvalue weighted by molar-refractivity contribution is 0.0198. The molecule has 1 aliphatic heterocycles. The SMILES string of the molecule is Cc1cc(-c2ccc([C@H](C)N3CCOCC3)cc2)ccn1. The summed E-state index contributed by atoms with van der Waals surface area (Å²) in [4.78, 5) is 6.74. The third-order valence-corrected chi connectivity index (χ3v) is 4.22. The highest BCUT2D eigenvalue weighted by Gasteiger charge is 2.18. The second-order valence-electron chi connectivity index (χ2n) is 5.63. The third kappa shape index (κ3) is 3.31. The summed E-state index contributed by atoms with van der Waals surface area (Å²) in [5.74, 6) is 0. The van der Waals surface area contributed by atoms with Crippen molar-refractivity contribution in [2.45, 2.75) is 19.9 Å². The van der Waals surface area contributed by atoms with Gasteiger partial charge >= 0.3 is 0 Å². The molecule has 3 rings (SSSR count). The molecule has 2 heterocycles. The van der Waals surface area contributed by atoms with E-state index < -0.39 is 0 Å². The molecule has 0 bridgehead atoms. The van der Waals surface area contributed by atoms with Crippen LogP contribution in [0.15, 0.2) is 42.6 Å². The lowest BCUT2D eigenvalue weighted by Gasteiger charge is -2.32. The van der Waals surface area contributed by atoms with Crippen molar-refractivity contribution in [2.75, 3.05) is 26.3 Å². The molecule has 21 heavy (non-hydrogen) atoms. The first-order valence-corrected chi connectivity index (χ1v) is 7.59. The quantitative estimate of drug-likeness (QED) is 0.862. The molecule has 0 N–H and O–H groups in total. The van der Waals surface area contributed by atoms with E-state index in [-0.39, 0.29) is 0 Å². The number of benzene rings is 1. The van der Waals surface area contributed by atoms with E-state index in [4.69, 9.17) is 4.74 Å². The molecule has 1 atom stereocenters. The molecule has 0 radical (unpaired) electrons. The van der Waals surface area contributed by atoms with Gasteiger partial charge in [-0.25, -0.2) is 0 Å². The first kappa shape index (κ1) is 14.2. The van der Waals surface area contributed by atoms with Gasteiger partial charge in [0.05, 0.1) is 13.2 Å². The van der Waals surface area contributed by atoms with Crippen molar-refractivity contribution in [3.05, 3.63) is 53.9 Å². The number of hydrogen-bond acceptors (Lipinski definition) is 3. The maximum atomic E-state index is 5.43. The van der Waals surface area contributed by atoms with Gasteiger partial charge in [-0.3, -0.25) is 9.88 Å². The summed E-state index contributed by atoms with van der Waals surface area (Å²) in [6.07, 6.45) is 1.87.